The van der Waals surface area contributed by atoms with E-state index in [1.165, 1.54) is 15.9 Å². The molecule has 0 saturated heterocycles. The number of benzene rings is 4. The SMILES string of the molecule is CSc1oc(C=Cc2ccccc2)nc1[P+](c1ccccc1)(c1ccccc1)c1ccccc1. The lowest BCUT2D eigenvalue weighted by atomic mass is 10.2. The summed E-state index contributed by atoms with van der Waals surface area (Å²) in [7, 11) is -2.29. The third-order valence-electron chi connectivity index (χ3n) is 5.75. The molecule has 0 unspecified atom stereocenters. The number of aromatic nitrogens is 1. The summed E-state index contributed by atoms with van der Waals surface area (Å²) >= 11 is 1.61. The highest BCUT2D eigenvalue weighted by molar-refractivity contribution is 8.04. The fraction of sp³-hybridized carbons (Fsp3) is 0.0333. The zero-order valence-corrected chi connectivity index (χ0v) is 20.6. The van der Waals surface area contributed by atoms with Gasteiger partial charge in [0.05, 0.1) is 0 Å². The Balaban J connectivity index is 1.78. The van der Waals surface area contributed by atoms with Crippen LogP contribution in [0.25, 0.3) is 12.2 Å². The zero-order valence-electron chi connectivity index (χ0n) is 18.9. The lowest BCUT2D eigenvalue weighted by molar-refractivity contribution is 0.464. The Morgan fingerprint density at radius 3 is 1.50 bits per heavy atom. The van der Waals surface area contributed by atoms with E-state index >= 15 is 0 Å². The third-order valence-corrected chi connectivity index (χ3v) is 10.7. The van der Waals surface area contributed by atoms with Gasteiger partial charge in [-0.25, -0.2) is 0 Å². The van der Waals surface area contributed by atoms with E-state index in [0.717, 1.165) is 16.1 Å². The second kappa shape index (κ2) is 10.3. The zero-order chi connectivity index (χ0) is 23.2. The van der Waals surface area contributed by atoms with Gasteiger partial charge in [-0.1, -0.05) is 96.7 Å². The van der Waals surface area contributed by atoms with Crippen LogP contribution in [0.15, 0.2) is 131 Å². The molecule has 4 heteroatoms. The lowest BCUT2D eigenvalue weighted by Crippen LogP contribution is -2.40. The Morgan fingerprint density at radius 1 is 0.618 bits per heavy atom. The summed E-state index contributed by atoms with van der Waals surface area (Å²) in [4.78, 5) is 5.17. The lowest BCUT2D eigenvalue weighted by Gasteiger charge is -2.25. The van der Waals surface area contributed by atoms with Crippen molar-refractivity contribution in [3.8, 4) is 0 Å². The van der Waals surface area contributed by atoms with E-state index in [-0.39, 0.29) is 0 Å². The van der Waals surface area contributed by atoms with Crippen molar-refractivity contribution in [2.45, 2.75) is 5.09 Å². The van der Waals surface area contributed by atoms with E-state index in [4.69, 9.17) is 9.40 Å². The van der Waals surface area contributed by atoms with Crippen molar-refractivity contribution in [2.75, 3.05) is 6.26 Å². The minimum Gasteiger partial charge on any atom is -0.426 e. The van der Waals surface area contributed by atoms with Gasteiger partial charge < -0.3 is 4.42 Å². The van der Waals surface area contributed by atoms with Crippen LogP contribution < -0.4 is 21.3 Å². The van der Waals surface area contributed by atoms with Crippen molar-refractivity contribution in [3.63, 3.8) is 0 Å². The predicted octanol–water partition coefficient (Wildman–Crippen LogP) is 6.19. The molecule has 2 nitrogen and oxygen atoms in total. The number of rotatable bonds is 7. The molecule has 0 saturated carbocycles. The summed E-state index contributed by atoms with van der Waals surface area (Å²) in [5.41, 5.74) is 2.12. The first-order valence-electron chi connectivity index (χ1n) is 11.2. The fourth-order valence-electron chi connectivity index (χ4n) is 4.23. The Labute approximate surface area is 205 Å². The summed E-state index contributed by atoms with van der Waals surface area (Å²) in [6, 6.07) is 42.5. The van der Waals surface area contributed by atoms with Gasteiger partial charge in [-0.3, -0.25) is 0 Å². The van der Waals surface area contributed by atoms with Gasteiger partial charge in [0.2, 0.25) is 11.0 Å². The molecule has 0 atom stereocenters. The van der Waals surface area contributed by atoms with Gasteiger partial charge >= 0.3 is 0 Å². The maximum Gasteiger partial charge on any atom is 0.251 e. The molecule has 0 aliphatic carbocycles. The molecule has 5 aromatic rings. The highest BCUT2D eigenvalue weighted by Crippen LogP contribution is 2.55. The van der Waals surface area contributed by atoms with Gasteiger partial charge in [-0.05, 0) is 54.3 Å². The van der Waals surface area contributed by atoms with Crippen molar-refractivity contribution in [2.24, 2.45) is 0 Å². The van der Waals surface area contributed by atoms with Gasteiger partial charge in [0.25, 0.3) is 5.44 Å². The minimum atomic E-state index is -2.29. The molecule has 0 N–H and O–H groups in total. The molecule has 0 fully saturated rings. The molecule has 1 aromatic heterocycles. The Kier molecular flexibility index (Phi) is 6.76. The van der Waals surface area contributed by atoms with Gasteiger partial charge in [0.15, 0.2) is 7.26 Å². The Bertz CT molecular complexity index is 1270. The first-order chi connectivity index (χ1) is 16.8. The van der Waals surface area contributed by atoms with Crippen LogP contribution in [0.3, 0.4) is 0 Å². The first-order valence-corrected chi connectivity index (χ1v) is 14.2. The van der Waals surface area contributed by atoms with E-state index in [1.807, 2.05) is 30.4 Å². The number of oxazole rings is 1. The molecule has 1 heterocycles. The molecule has 34 heavy (non-hydrogen) atoms. The van der Waals surface area contributed by atoms with Crippen LogP contribution in [-0.2, 0) is 0 Å². The second-order valence-electron chi connectivity index (χ2n) is 7.79. The third kappa shape index (κ3) is 4.25. The van der Waals surface area contributed by atoms with Crippen molar-refractivity contribution in [1.82, 2.24) is 4.98 Å². The van der Waals surface area contributed by atoms with Gasteiger partial charge in [0.1, 0.15) is 15.9 Å². The molecule has 166 valence electrons. The highest BCUT2D eigenvalue weighted by Gasteiger charge is 2.52. The molecule has 4 aromatic carbocycles. The predicted molar refractivity (Wildman–Crippen MR) is 148 cm³/mol. The van der Waals surface area contributed by atoms with E-state index in [1.54, 1.807) is 11.8 Å². The summed E-state index contributed by atoms with van der Waals surface area (Å²) in [5.74, 6) is 0.621. The molecule has 0 aliphatic heterocycles. The van der Waals surface area contributed by atoms with Crippen LogP contribution in [0.2, 0.25) is 0 Å². The van der Waals surface area contributed by atoms with E-state index < -0.39 is 7.26 Å². The van der Waals surface area contributed by atoms with Crippen molar-refractivity contribution in [3.05, 3.63) is 133 Å². The quantitative estimate of drug-likeness (QED) is 0.206. The van der Waals surface area contributed by atoms with Crippen LogP contribution in [0.4, 0.5) is 0 Å². The van der Waals surface area contributed by atoms with Crippen molar-refractivity contribution >= 4 is 52.5 Å². The molecule has 5 rings (SSSR count). The maximum absolute atomic E-state index is 6.35. The van der Waals surface area contributed by atoms with Crippen LogP contribution in [0, 0.1) is 0 Å². The Morgan fingerprint density at radius 2 is 1.06 bits per heavy atom. The van der Waals surface area contributed by atoms with Crippen LogP contribution in [0.5, 0.6) is 0 Å². The van der Waals surface area contributed by atoms with Crippen LogP contribution >= 0.6 is 19.0 Å². The topological polar surface area (TPSA) is 26.0 Å². The smallest absolute Gasteiger partial charge is 0.251 e. The summed E-state index contributed by atoms with van der Waals surface area (Å²) in [5, 5.41) is 4.64. The monoisotopic (exact) mass is 478 g/mol. The average molecular weight is 479 g/mol. The molecular formula is C30H25NOPS+. The number of hydrogen-bond donors (Lipinski definition) is 0. The molecular weight excluding hydrogens is 453 g/mol. The van der Waals surface area contributed by atoms with Crippen molar-refractivity contribution < 1.29 is 4.42 Å². The first kappa shape index (κ1) is 22.4. The van der Waals surface area contributed by atoms with Crippen LogP contribution in [-0.4, -0.2) is 11.2 Å². The maximum atomic E-state index is 6.35. The highest BCUT2D eigenvalue weighted by atomic mass is 32.2. The van der Waals surface area contributed by atoms with E-state index in [0.29, 0.717) is 5.89 Å². The normalized spacial score (nSPS) is 11.7. The summed E-state index contributed by atoms with van der Waals surface area (Å²) in [6.45, 7) is 0. The molecule has 0 radical (unpaired) electrons. The standard InChI is InChI=1S/C30H25NOPS/c1-34-30-29(31-28(32-30)23-22-24-14-6-2-7-15-24)33(25-16-8-3-9-17-25,26-18-10-4-11-19-26)27-20-12-5-13-21-27/h2-23H,1H3/q+1. The average Bonchev–Trinajstić information content (AvgIpc) is 3.34. The molecule has 0 amide bonds. The minimum absolute atomic E-state index is 0.621. The molecule has 0 spiro atoms. The molecule has 0 aliphatic rings. The van der Waals surface area contributed by atoms with Gasteiger partial charge in [-0.2, -0.15) is 4.98 Å². The number of hydrogen-bond acceptors (Lipinski definition) is 3. The Hall–Kier alpha value is -3.39. The van der Waals surface area contributed by atoms with E-state index in [9.17, 15) is 0 Å². The summed E-state index contributed by atoms with van der Waals surface area (Å²) < 4.78 is 6.35. The number of thioether (sulfide) groups is 1. The number of nitrogens with zero attached hydrogens (tertiary/aromatic N) is 1. The van der Waals surface area contributed by atoms with E-state index in [2.05, 4.69) is 109 Å². The van der Waals surface area contributed by atoms with Gasteiger partial charge in [0, 0.05) is 6.08 Å². The van der Waals surface area contributed by atoms with Crippen LogP contribution in [0.1, 0.15) is 11.5 Å². The molecule has 0 bridgehead atoms. The van der Waals surface area contributed by atoms with Crippen molar-refractivity contribution in [1.29, 1.82) is 0 Å². The summed E-state index contributed by atoms with van der Waals surface area (Å²) in [6.07, 6.45) is 6.08. The fourth-order valence-corrected chi connectivity index (χ4v) is 9.37. The largest absolute Gasteiger partial charge is 0.426 e. The second-order valence-corrected chi connectivity index (χ2v) is 11.9. The van der Waals surface area contributed by atoms with Gasteiger partial charge in [-0.15, -0.1) is 0 Å².